The molecule has 0 heterocycles. The number of rotatable bonds is 8. The molecule has 0 spiro atoms. The van der Waals surface area contributed by atoms with Gasteiger partial charge in [0.1, 0.15) is 0 Å². The molecule has 2 nitrogen and oxygen atoms in total. The Balaban J connectivity index is 2.53. The topological polar surface area (TPSA) is 29.1 Å². The van der Waals surface area contributed by atoms with Crippen molar-refractivity contribution in [1.82, 2.24) is 5.32 Å². The quantitative estimate of drug-likeness (QED) is 0.694. The normalized spacial score (nSPS) is 12.1. The van der Waals surface area contributed by atoms with Crippen molar-refractivity contribution in [2.24, 2.45) is 0 Å². The lowest BCUT2D eigenvalue weighted by atomic mass is 9.93. The zero-order valence-electron chi connectivity index (χ0n) is 11.6. The van der Waals surface area contributed by atoms with E-state index in [1.807, 2.05) is 30.3 Å². The summed E-state index contributed by atoms with van der Waals surface area (Å²) < 4.78 is 0. The third-order valence-corrected chi connectivity index (χ3v) is 3.18. The van der Waals surface area contributed by atoms with E-state index in [1.54, 1.807) is 0 Å². The molecular weight excluding hydrogens is 222 g/mol. The van der Waals surface area contributed by atoms with Crippen molar-refractivity contribution < 1.29 is 4.79 Å². The van der Waals surface area contributed by atoms with Crippen molar-refractivity contribution >= 4 is 5.91 Å². The molecule has 0 bridgehead atoms. The molecule has 0 saturated heterocycles. The van der Waals surface area contributed by atoms with Crippen LogP contribution in [0, 0.1) is 0 Å². The summed E-state index contributed by atoms with van der Waals surface area (Å²) in [5.41, 5.74) is 1.13. The average Bonchev–Trinajstić information content (AvgIpc) is 2.41. The van der Waals surface area contributed by atoms with Crippen LogP contribution in [0.5, 0.6) is 0 Å². The van der Waals surface area contributed by atoms with Gasteiger partial charge in [-0.3, -0.25) is 4.79 Å². The molecule has 0 aromatic heterocycles. The van der Waals surface area contributed by atoms with E-state index in [4.69, 9.17) is 0 Å². The van der Waals surface area contributed by atoms with E-state index in [-0.39, 0.29) is 11.8 Å². The third kappa shape index (κ3) is 4.91. The van der Waals surface area contributed by atoms with Crippen molar-refractivity contribution in [1.29, 1.82) is 0 Å². The maximum Gasteiger partial charge on any atom is 0.227 e. The Morgan fingerprint density at radius 3 is 2.44 bits per heavy atom. The molecule has 1 unspecified atom stereocenters. The van der Waals surface area contributed by atoms with E-state index >= 15 is 0 Å². The standard InChI is InChI=1S/C16H25NO/c1-3-5-9-13-17-16(18)15(10-4-2)14-11-7-6-8-12-14/h6-8,11-12,15H,3-5,9-10,13H2,1-2H3,(H,17,18). The Morgan fingerprint density at radius 1 is 1.11 bits per heavy atom. The van der Waals surface area contributed by atoms with Gasteiger partial charge < -0.3 is 5.32 Å². The Hall–Kier alpha value is -1.31. The first-order valence-corrected chi connectivity index (χ1v) is 7.12. The fourth-order valence-electron chi connectivity index (χ4n) is 2.13. The zero-order chi connectivity index (χ0) is 13.2. The number of nitrogens with one attached hydrogen (secondary N) is 1. The minimum atomic E-state index is 0.0119. The van der Waals surface area contributed by atoms with Crippen LogP contribution in [0.4, 0.5) is 0 Å². The molecule has 0 fully saturated rings. The summed E-state index contributed by atoms with van der Waals surface area (Å²) in [5, 5.41) is 3.06. The molecule has 1 aromatic rings. The number of carbonyl (C=O) groups is 1. The molecule has 1 amide bonds. The maximum atomic E-state index is 12.2. The van der Waals surface area contributed by atoms with Crippen LogP contribution in [0.1, 0.15) is 57.4 Å². The predicted molar refractivity (Wildman–Crippen MR) is 76.6 cm³/mol. The fraction of sp³-hybridized carbons (Fsp3) is 0.562. The van der Waals surface area contributed by atoms with Crippen LogP contribution in [0.25, 0.3) is 0 Å². The molecule has 1 rings (SSSR count). The molecule has 0 saturated carbocycles. The van der Waals surface area contributed by atoms with Crippen molar-refractivity contribution in [2.45, 2.75) is 51.9 Å². The van der Waals surface area contributed by atoms with Crippen LogP contribution in [0.3, 0.4) is 0 Å². The molecule has 1 N–H and O–H groups in total. The third-order valence-electron chi connectivity index (χ3n) is 3.18. The van der Waals surface area contributed by atoms with E-state index in [9.17, 15) is 4.79 Å². The number of unbranched alkanes of at least 4 members (excludes halogenated alkanes) is 2. The Labute approximate surface area is 111 Å². The summed E-state index contributed by atoms with van der Waals surface area (Å²) in [6.45, 7) is 5.10. The lowest BCUT2D eigenvalue weighted by Gasteiger charge is -2.16. The van der Waals surface area contributed by atoms with Gasteiger partial charge in [0.2, 0.25) is 5.91 Å². The number of carbonyl (C=O) groups excluding carboxylic acids is 1. The molecule has 0 aliphatic carbocycles. The molecule has 0 radical (unpaired) electrons. The number of hydrogen-bond donors (Lipinski definition) is 1. The van der Waals surface area contributed by atoms with Gasteiger partial charge in [-0.25, -0.2) is 0 Å². The van der Waals surface area contributed by atoms with Crippen LogP contribution >= 0.6 is 0 Å². The molecule has 100 valence electrons. The second kappa shape index (κ2) is 8.73. The Morgan fingerprint density at radius 2 is 1.83 bits per heavy atom. The van der Waals surface area contributed by atoms with Gasteiger partial charge in [-0.2, -0.15) is 0 Å². The number of amides is 1. The van der Waals surface area contributed by atoms with Crippen LogP contribution in [-0.4, -0.2) is 12.5 Å². The van der Waals surface area contributed by atoms with E-state index in [0.717, 1.165) is 31.4 Å². The summed E-state index contributed by atoms with van der Waals surface area (Å²) in [7, 11) is 0. The van der Waals surface area contributed by atoms with Crippen LogP contribution in [0.15, 0.2) is 30.3 Å². The molecule has 1 aromatic carbocycles. The largest absolute Gasteiger partial charge is 0.356 e. The van der Waals surface area contributed by atoms with Crippen LogP contribution in [0.2, 0.25) is 0 Å². The highest BCUT2D eigenvalue weighted by Crippen LogP contribution is 2.21. The predicted octanol–water partition coefficient (Wildman–Crippen LogP) is 3.88. The summed E-state index contributed by atoms with van der Waals surface area (Å²) in [6.07, 6.45) is 5.40. The van der Waals surface area contributed by atoms with Gasteiger partial charge in [0.25, 0.3) is 0 Å². The highest BCUT2D eigenvalue weighted by Gasteiger charge is 2.18. The van der Waals surface area contributed by atoms with Gasteiger partial charge in [-0.1, -0.05) is 63.4 Å². The van der Waals surface area contributed by atoms with Gasteiger partial charge in [-0.15, -0.1) is 0 Å². The van der Waals surface area contributed by atoms with E-state index < -0.39 is 0 Å². The molecule has 0 aliphatic heterocycles. The SMILES string of the molecule is CCCCCNC(=O)C(CCC)c1ccccc1. The molecule has 1 atom stereocenters. The molecule has 0 aliphatic rings. The minimum absolute atomic E-state index is 0.0119. The summed E-state index contributed by atoms with van der Waals surface area (Å²) in [4.78, 5) is 12.2. The van der Waals surface area contributed by atoms with Crippen molar-refractivity contribution in [3.8, 4) is 0 Å². The molecule has 2 heteroatoms. The van der Waals surface area contributed by atoms with Crippen molar-refractivity contribution in [2.75, 3.05) is 6.54 Å². The Bertz CT molecular complexity index is 334. The Kier molecular flexibility index (Phi) is 7.16. The van der Waals surface area contributed by atoms with Crippen LogP contribution in [-0.2, 0) is 4.79 Å². The number of hydrogen-bond acceptors (Lipinski definition) is 1. The fourth-order valence-corrected chi connectivity index (χ4v) is 2.13. The summed E-state index contributed by atoms with van der Waals surface area (Å²) in [6, 6.07) is 10.1. The van der Waals surface area contributed by atoms with Gasteiger partial charge in [0.05, 0.1) is 5.92 Å². The van der Waals surface area contributed by atoms with Gasteiger partial charge >= 0.3 is 0 Å². The zero-order valence-corrected chi connectivity index (χ0v) is 11.6. The average molecular weight is 247 g/mol. The van der Waals surface area contributed by atoms with Crippen molar-refractivity contribution in [3.05, 3.63) is 35.9 Å². The highest BCUT2D eigenvalue weighted by atomic mass is 16.1. The summed E-state index contributed by atoms with van der Waals surface area (Å²) >= 11 is 0. The lowest BCUT2D eigenvalue weighted by molar-refractivity contribution is -0.122. The first kappa shape index (κ1) is 14.7. The van der Waals surface area contributed by atoms with Crippen molar-refractivity contribution in [3.63, 3.8) is 0 Å². The molecular formula is C16H25NO. The second-order valence-corrected chi connectivity index (χ2v) is 4.75. The second-order valence-electron chi connectivity index (χ2n) is 4.75. The van der Waals surface area contributed by atoms with Gasteiger partial charge in [-0.05, 0) is 18.4 Å². The van der Waals surface area contributed by atoms with E-state index in [1.165, 1.54) is 12.8 Å². The van der Waals surface area contributed by atoms with Gasteiger partial charge in [0, 0.05) is 6.54 Å². The molecule has 18 heavy (non-hydrogen) atoms. The van der Waals surface area contributed by atoms with E-state index in [2.05, 4.69) is 19.2 Å². The van der Waals surface area contributed by atoms with Gasteiger partial charge in [0.15, 0.2) is 0 Å². The maximum absolute atomic E-state index is 12.2. The first-order valence-electron chi connectivity index (χ1n) is 7.12. The number of benzene rings is 1. The summed E-state index contributed by atoms with van der Waals surface area (Å²) in [5.74, 6) is 0.192. The van der Waals surface area contributed by atoms with Crippen LogP contribution < -0.4 is 5.32 Å². The minimum Gasteiger partial charge on any atom is -0.356 e. The highest BCUT2D eigenvalue weighted by molar-refractivity contribution is 5.83. The smallest absolute Gasteiger partial charge is 0.227 e. The first-order chi connectivity index (χ1) is 8.79. The lowest BCUT2D eigenvalue weighted by Crippen LogP contribution is -2.30. The monoisotopic (exact) mass is 247 g/mol. The van der Waals surface area contributed by atoms with E-state index in [0.29, 0.717) is 0 Å².